The fourth-order valence-electron chi connectivity index (χ4n) is 2.71. The number of benzene rings is 1. The number of carbonyl (C=O) groups is 2. The number of ether oxygens (including phenoxy) is 2. The molecule has 0 N–H and O–H groups in total. The van der Waals surface area contributed by atoms with E-state index in [9.17, 15) is 9.59 Å². The maximum atomic E-state index is 12.0. The minimum absolute atomic E-state index is 0.228. The molecule has 0 aliphatic heterocycles. The molecule has 1 aromatic carbocycles. The number of amides is 2. The SMILES string of the molecule is C[C@H](c1cccc(OCCCN(C)C(=O)OC(C)(C)C)c1)N(C=O)c1nccc(Cl)n1. The average molecular weight is 449 g/mol. The quantitative estimate of drug-likeness (QED) is 0.319. The highest BCUT2D eigenvalue weighted by atomic mass is 35.5. The van der Waals surface area contributed by atoms with Gasteiger partial charge in [-0.25, -0.2) is 14.8 Å². The minimum Gasteiger partial charge on any atom is -0.494 e. The van der Waals surface area contributed by atoms with Crippen molar-refractivity contribution in [1.29, 1.82) is 0 Å². The van der Waals surface area contributed by atoms with E-state index in [1.54, 1.807) is 13.1 Å². The fourth-order valence-corrected chi connectivity index (χ4v) is 2.84. The first-order valence-electron chi connectivity index (χ1n) is 10.00. The first-order chi connectivity index (χ1) is 14.6. The summed E-state index contributed by atoms with van der Waals surface area (Å²) in [5.74, 6) is 0.897. The van der Waals surface area contributed by atoms with E-state index in [1.807, 2.05) is 52.0 Å². The van der Waals surface area contributed by atoms with Crippen LogP contribution in [0, 0.1) is 0 Å². The van der Waals surface area contributed by atoms with E-state index in [-0.39, 0.29) is 23.2 Å². The first-order valence-corrected chi connectivity index (χ1v) is 10.4. The normalized spacial score (nSPS) is 12.1. The lowest BCUT2D eigenvalue weighted by molar-refractivity contribution is -0.107. The Kier molecular flexibility index (Phi) is 8.62. The number of rotatable bonds is 9. The molecule has 2 rings (SSSR count). The van der Waals surface area contributed by atoms with Crippen LogP contribution in [0.5, 0.6) is 5.75 Å². The third-order valence-electron chi connectivity index (χ3n) is 4.32. The third-order valence-corrected chi connectivity index (χ3v) is 4.53. The molecule has 0 saturated carbocycles. The van der Waals surface area contributed by atoms with E-state index in [4.69, 9.17) is 21.1 Å². The van der Waals surface area contributed by atoms with Crippen molar-refractivity contribution in [2.75, 3.05) is 25.1 Å². The molecule has 9 heteroatoms. The summed E-state index contributed by atoms with van der Waals surface area (Å²) in [5.41, 5.74) is 0.337. The van der Waals surface area contributed by atoms with Gasteiger partial charge in [0.25, 0.3) is 0 Å². The molecule has 0 saturated heterocycles. The number of carbonyl (C=O) groups excluding carboxylic acids is 2. The summed E-state index contributed by atoms with van der Waals surface area (Å²) in [6.45, 7) is 8.31. The number of anilines is 1. The molecule has 2 aromatic rings. The molecule has 0 radical (unpaired) electrons. The molecule has 0 unspecified atom stereocenters. The van der Waals surface area contributed by atoms with E-state index in [1.165, 1.54) is 16.0 Å². The van der Waals surface area contributed by atoms with Gasteiger partial charge >= 0.3 is 6.09 Å². The topological polar surface area (TPSA) is 84.9 Å². The van der Waals surface area contributed by atoms with Gasteiger partial charge < -0.3 is 14.4 Å². The minimum atomic E-state index is -0.523. The standard InChI is InChI=1S/C22H29ClN4O4/c1-16(27(15-28)20-24-11-10-19(23)25-20)17-8-6-9-18(14-17)30-13-7-12-26(5)21(29)31-22(2,3)4/h6,8-11,14-16H,7,12-13H2,1-5H3/t16-/m1/s1. The molecule has 1 atom stereocenters. The van der Waals surface area contributed by atoms with Crippen molar-refractivity contribution in [3.8, 4) is 5.75 Å². The molecule has 0 fully saturated rings. The predicted octanol–water partition coefficient (Wildman–Crippen LogP) is 4.49. The first kappa shape index (κ1) is 24.4. The summed E-state index contributed by atoms with van der Waals surface area (Å²) in [6.07, 6.45) is 2.46. The van der Waals surface area contributed by atoms with Gasteiger partial charge in [-0.1, -0.05) is 23.7 Å². The summed E-state index contributed by atoms with van der Waals surface area (Å²) >= 11 is 5.92. The van der Waals surface area contributed by atoms with Gasteiger partial charge in [0.05, 0.1) is 12.6 Å². The van der Waals surface area contributed by atoms with Crippen LogP contribution < -0.4 is 9.64 Å². The summed E-state index contributed by atoms with van der Waals surface area (Å²) in [5, 5.41) is 0.262. The van der Waals surface area contributed by atoms with Crippen LogP contribution in [0.3, 0.4) is 0 Å². The summed E-state index contributed by atoms with van der Waals surface area (Å²) in [4.78, 5) is 34.8. The second-order valence-corrected chi connectivity index (χ2v) is 8.43. The molecule has 0 aliphatic carbocycles. The average Bonchev–Trinajstić information content (AvgIpc) is 2.70. The fraction of sp³-hybridized carbons (Fsp3) is 0.455. The summed E-state index contributed by atoms with van der Waals surface area (Å²) in [6, 6.07) is 8.69. The van der Waals surface area contributed by atoms with Gasteiger partial charge in [-0.2, -0.15) is 0 Å². The number of aromatic nitrogens is 2. The smallest absolute Gasteiger partial charge is 0.410 e. The van der Waals surface area contributed by atoms with Gasteiger partial charge in [-0.15, -0.1) is 0 Å². The van der Waals surface area contributed by atoms with Crippen molar-refractivity contribution < 1.29 is 19.1 Å². The van der Waals surface area contributed by atoms with Crippen LogP contribution in [-0.2, 0) is 9.53 Å². The molecule has 168 valence electrons. The van der Waals surface area contributed by atoms with Gasteiger partial charge in [0, 0.05) is 19.8 Å². The van der Waals surface area contributed by atoms with Crippen LogP contribution in [0.2, 0.25) is 5.15 Å². The van der Waals surface area contributed by atoms with E-state index >= 15 is 0 Å². The Balaban J connectivity index is 1.93. The highest BCUT2D eigenvalue weighted by molar-refractivity contribution is 6.29. The maximum absolute atomic E-state index is 12.0. The maximum Gasteiger partial charge on any atom is 0.410 e. The zero-order valence-corrected chi connectivity index (χ0v) is 19.3. The van der Waals surface area contributed by atoms with Crippen LogP contribution >= 0.6 is 11.6 Å². The Morgan fingerprint density at radius 2 is 2.03 bits per heavy atom. The Bertz CT molecular complexity index is 888. The monoisotopic (exact) mass is 448 g/mol. The number of hydrogen-bond donors (Lipinski definition) is 0. The second-order valence-electron chi connectivity index (χ2n) is 8.04. The van der Waals surface area contributed by atoms with Crippen LogP contribution in [0.4, 0.5) is 10.7 Å². The molecular formula is C22H29ClN4O4. The lowest BCUT2D eigenvalue weighted by Crippen LogP contribution is -2.35. The van der Waals surface area contributed by atoms with Gasteiger partial charge in [0.15, 0.2) is 0 Å². The predicted molar refractivity (Wildman–Crippen MR) is 119 cm³/mol. The second kappa shape index (κ2) is 10.9. The molecule has 0 aliphatic rings. The van der Waals surface area contributed by atoms with Crippen molar-refractivity contribution in [3.05, 3.63) is 47.2 Å². The van der Waals surface area contributed by atoms with Crippen LogP contribution in [-0.4, -0.2) is 53.2 Å². The van der Waals surface area contributed by atoms with E-state index < -0.39 is 5.60 Å². The lowest BCUT2D eigenvalue weighted by atomic mass is 10.1. The molecule has 0 spiro atoms. The molecule has 1 aromatic heterocycles. The van der Waals surface area contributed by atoms with Crippen molar-refractivity contribution in [3.63, 3.8) is 0 Å². The van der Waals surface area contributed by atoms with Crippen molar-refractivity contribution in [2.45, 2.75) is 45.8 Å². The van der Waals surface area contributed by atoms with Crippen molar-refractivity contribution >= 4 is 30.1 Å². The molecule has 2 amide bonds. The third kappa shape index (κ3) is 7.71. The Morgan fingerprint density at radius 3 is 2.68 bits per heavy atom. The van der Waals surface area contributed by atoms with E-state index in [0.717, 1.165) is 5.56 Å². The van der Waals surface area contributed by atoms with Gasteiger partial charge in [0.1, 0.15) is 16.5 Å². The molecule has 0 bridgehead atoms. The lowest BCUT2D eigenvalue weighted by Gasteiger charge is -2.25. The molecule has 8 nitrogen and oxygen atoms in total. The molecule has 1 heterocycles. The zero-order valence-electron chi connectivity index (χ0n) is 18.5. The Morgan fingerprint density at radius 1 is 1.29 bits per heavy atom. The zero-order chi connectivity index (χ0) is 23.0. The van der Waals surface area contributed by atoms with Crippen LogP contribution in [0.1, 0.15) is 45.7 Å². The number of halogens is 1. The van der Waals surface area contributed by atoms with E-state index in [0.29, 0.717) is 31.7 Å². The van der Waals surface area contributed by atoms with Gasteiger partial charge in [0.2, 0.25) is 12.4 Å². The van der Waals surface area contributed by atoms with E-state index in [2.05, 4.69) is 9.97 Å². The van der Waals surface area contributed by atoms with Crippen molar-refractivity contribution in [1.82, 2.24) is 14.9 Å². The van der Waals surface area contributed by atoms with Gasteiger partial charge in [-0.3, -0.25) is 9.69 Å². The number of nitrogens with zero attached hydrogens (tertiary/aromatic N) is 4. The van der Waals surface area contributed by atoms with Gasteiger partial charge in [-0.05, 0) is 57.9 Å². The highest BCUT2D eigenvalue weighted by Gasteiger charge is 2.20. The van der Waals surface area contributed by atoms with Crippen LogP contribution in [0.15, 0.2) is 36.5 Å². The number of hydrogen-bond acceptors (Lipinski definition) is 6. The summed E-state index contributed by atoms with van der Waals surface area (Å²) < 4.78 is 11.2. The van der Waals surface area contributed by atoms with Crippen LogP contribution in [0.25, 0.3) is 0 Å². The molecular weight excluding hydrogens is 420 g/mol. The summed E-state index contributed by atoms with van der Waals surface area (Å²) in [7, 11) is 1.70. The highest BCUT2D eigenvalue weighted by Crippen LogP contribution is 2.26. The Hall–Kier alpha value is -2.87. The largest absolute Gasteiger partial charge is 0.494 e. The Labute approximate surface area is 188 Å². The van der Waals surface area contributed by atoms with Crippen molar-refractivity contribution in [2.24, 2.45) is 0 Å². The molecule has 31 heavy (non-hydrogen) atoms.